The van der Waals surface area contributed by atoms with E-state index in [1.165, 1.54) is 0 Å². The highest BCUT2D eigenvalue weighted by Gasteiger charge is 2.14. The van der Waals surface area contributed by atoms with Crippen LogP contribution in [0.2, 0.25) is 0 Å². The first-order valence-corrected chi connectivity index (χ1v) is 6.61. The second-order valence-electron chi connectivity index (χ2n) is 3.90. The minimum absolute atomic E-state index is 0.0586. The molecule has 0 aliphatic carbocycles. The van der Waals surface area contributed by atoms with E-state index in [4.69, 9.17) is 4.74 Å². The van der Waals surface area contributed by atoms with E-state index in [1.807, 2.05) is 6.92 Å². The molecule has 1 N–H and O–H groups in total. The summed E-state index contributed by atoms with van der Waals surface area (Å²) in [5.74, 6) is 1.51. The molecule has 0 spiro atoms. The van der Waals surface area contributed by atoms with Crippen LogP contribution in [0.4, 0.5) is 0 Å². The zero-order chi connectivity index (χ0) is 11.0. The second kappa shape index (κ2) is 7.37. The molecule has 0 saturated carbocycles. The van der Waals surface area contributed by atoms with Crippen molar-refractivity contribution in [2.24, 2.45) is 0 Å². The highest BCUT2D eigenvalue weighted by molar-refractivity contribution is 7.84. The Morgan fingerprint density at radius 1 is 1.36 bits per heavy atom. The summed E-state index contributed by atoms with van der Waals surface area (Å²) in [7, 11) is 1.08. The van der Waals surface area contributed by atoms with Gasteiger partial charge in [-0.25, -0.2) is 0 Å². The summed E-state index contributed by atoms with van der Waals surface area (Å²) < 4.78 is 16.4. The number of ether oxygens (including phenoxy) is 1. The van der Waals surface area contributed by atoms with Crippen LogP contribution < -0.4 is 5.32 Å². The van der Waals surface area contributed by atoms with Gasteiger partial charge in [0.2, 0.25) is 0 Å². The van der Waals surface area contributed by atoms with Gasteiger partial charge in [0.05, 0.1) is 5.60 Å². The van der Waals surface area contributed by atoms with Crippen molar-refractivity contribution in [1.29, 1.82) is 0 Å². The zero-order valence-electron chi connectivity index (χ0n) is 9.76. The normalized spacial score (nSPS) is 14.3. The number of hydrogen-bond acceptors (Lipinski definition) is 3. The summed E-state index contributed by atoms with van der Waals surface area (Å²) in [6, 6.07) is 0. The fraction of sp³-hybridized carbons (Fsp3) is 1.00. The smallest absolute Gasteiger partial charge is 0.0634 e. The Bertz CT molecular complexity index is 172. The van der Waals surface area contributed by atoms with Gasteiger partial charge in [0.25, 0.3) is 0 Å². The molecule has 0 bridgehead atoms. The Morgan fingerprint density at radius 3 is 2.50 bits per heavy atom. The SMILES string of the molecule is CCS(=O)CCNCCC(C)(C)OC. The third kappa shape index (κ3) is 7.47. The topological polar surface area (TPSA) is 38.3 Å². The van der Waals surface area contributed by atoms with E-state index >= 15 is 0 Å². The predicted octanol–water partition coefficient (Wildman–Crippen LogP) is 1.16. The molecule has 86 valence electrons. The van der Waals surface area contributed by atoms with Crippen molar-refractivity contribution in [3.8, 4) is 0 Å². The van der Waals surface area contributed by atoms with E-state index in [2.05, 4.69) is 19.2 Å². The summed E-state index contributed by atoms with van der Waals surface area (Å²) in [6.07, 6.45) is 0.974. The van der Waals surface area contributed by atoms with Crippen molar-refractivity contribution in [1.82, 2.24) is 5.32 Å². The van der Waals surface area contributed by atoms with Gasteiger partial charge < -0.3 is 10.1 Å². The quantitative estimate of drug-likeness (QED) is 0.625. The molecule has 0 saturated heterocycles. The van der Waals surface area contributed by atoms with Crippen LogP contribution in [0, 0.1) is 0 Å². The molecule has 0 aliphatic rings. The van der Waals surface area contributed by atoms with Crippen LogP contribution in [0.5, 0.6) is 0 Å². The molecular weight excluding hydrogens is 198 g/mol. The molecule has 0 aromatic heterocycles. The van der Waals surface area contributed by atoms with Crippen LogP contribution in [0.15, 0.2) is 0 Å². The lowest BCUT2D eigenvalue weighted by Crippen LogP contribution is -2.30. The Morgan fingerprint density at radius 2 is 2.00 bits per heavy atom. The Kier molecular flexibility index (Phi) is 7.41. The van der Waals surface area contributed by atoms with Crippen LogP contribution in [0.25, 0.3) is 0 Å². The van der Waals surface area contributed by atoms with Crippen LogP contribution in [0.1, 0.15) is 27.2 Å². The highest BCUT2D eigenvalue weighted by atomic mass is 32.2. The van der Waals surface area contributed by atoms with E-state index < -0.39 is 10.8 Å². The van der Waals surface area contributed by atoms with Gasteiger partial charge in [-0.05, 0) is 26.8 Å². The first-order chi connectivity index (χ1) is 6.52. The van der Waals surface area contributed by atoms with Crippen molar-refractivity contribution in [2.75, 3.05) is 31.7 Å². The van der Waals surface area contributed by atoms with Crippen LogP contribution in [-0.4, -0.2) is 41.5 Å². The molecule has 0 radical (unpaired) electrons. The van der Waals surface area contributed by atoms with Crippen molar-refractivity contribution in [3.05, 3.63) is 0 Å². The summed E-state index contributed by atoms with van der Waals surface area (Å²) in [5.41, 5.74) is -0.0586. The maximum Gasteiger partial charge on any atom is 0.0634 e. The molecule has 0 aliphatic heterocycles. The van der Waals surface area contributed by atoms with E-state index in [0.29, 0.717) is 0 Å². The summed E-state index contributed by atoms with van der Waals surface area (Å²) in [4.78, 5) is 0. The van der Waals surface area contributed by atoms with Gasteiger partial charge in [0.15, 0.2) is 0 Å². The van der Waals surface area contributed by atoms with Gasteiger partial charge in [-0.1, -0.05) is 6.92 Å². The molecule has 4 heteroatoms. The average molecular weight is 221 g/mol. The van der Waals surface area contributed by atoms with Crippen molar-refractivity contribution in [3.63, 3.8) is 0 Å². The van der Waals surface area contributed by atoms with E-state index in [9.17, 15) is 4.21 Å². The molecule has 14 heavy (non-hydrogen) atoms. The third-order valence-corrected chi connectivity index (χ3v) is 3.59. The van der Waals surface area contributed by atoms with E-state index in [0.717, 1.165) is 31.0 Å². The first-order valence-electron chi connectivity index (χ1n) is 5.12. The predicted molar refractivity (Wildman–Crippen MR) is 62.1 cm³/mol. The average Bonchev–Trinajstić information content (AvgIpc) is 2.17. The lowest BCUT2D eigenvalue weighted by atomic mass is 10.1. The van der Waals surface area contributed by atoms with Crippen molar-refractivity contribution >= 4 is 10.8 Å². The summed E-state index contributed by atoms with van der Waals surface area (Å²) in [5, 5.41) is 3.27. The van der Waals surface area contributed by atoms with Gasteiger partial charge in [-0.2, -0.15) is 0 Å². The molecule has 1 atom stereocenters. The summed E-state index contributed by atoms with van der Waals surface area (Å²) >= 11 is 0. The van der Waals surface area contributed by atoms with Crippen LogP contribution >= 0.6 is 0 Å². The molecule has 3 nitrogen and oxygen atoms in total. The maximum atomic E-state index is 11.1. The summed E-state index contributed by atoms with van der Waals surface area (Å²) in [6.45, 7) is 7.84. The van der Waals surface area contributed by atoms with Crippen LogP contribution in [0.3, 0.4) is 0 Å². The van der Waals surface area contributed by atoms with Crippen LogP contribution in [-0.2, 0) is 15.5 Å². The lowest BCUT2D eigenvalue weighted by molar-refractivity contribution is 0.0160. The van der Waals surface area contributed by atoms with Gasteiger partial charge in [0, 0.05) is 36.0 Å². The van der Waals surface area contributed by atoms with Gasteiger partial charge in [-0.3, -0.25) is 4.21 Å². The Balaban J connectivity index is 3.34. The first kappa shape index (κ1) is 14.1. The third-order valence-electron chi connectivity index (χ3n) is 2.28. The second-order valence-corrected chi connectivity index (χ2v) is 5.76. The fourth-order valence-electron chi connectivity index (χ4n) is 0.947. The molecule has 0 heterocycles. The molecule has 0 aromatic rings. The lowest BCUT2D eigenvalue weighted by Gasteiger charge is -2.22. The molecule has 0 fully saturated rings. The molecule has 1 unspecified atom stereocenters. The van der Waals surface area contributed by atoms with E-state index in [-0.39, 0.29) is 5.60 Å². The monoisotopic (exact) mass is 221 g/mol. The Labute approximate surface area is 90.1 Å². The fourth-order valence-corrected chi connectivity index (χ4v) is 1.61. The largest absolute Gasteiger partial charge is 0.379 e. The Hall–Kier alpha value is 0.0700. The van der Waals surface area contributed by atoms with Gasteiger partial charge in [0.1, 0.15) is 0 Å². The van der Waals surface area contributed by atoms with Gasteiger partial charge >= 0.3 is 0 Å². The number of hydrogen-bond donors (Lipinski definition) is 1. The van der Waals surface area contributed by atoms with Gasteiger partial charge in [-0.15, -0.1) is 0 Å². The standard InChI is InChI=1S/C10H23NO2S/c1-5-14(12)9-8-11-7-6-10(2,3)13-4/h11H,5-9H2,1-4H3. The molecule has 0 aromatic carbocycles. The zero-order valence-corrected chi connectivity index (χ0v) is 10.6. The number of methoxy groups -OCH3 is 1. The molecule has 0 rings (SSSR count). The molecular formula is C10H23NO2S. The number of nitrogens with one attached hydrogen (secondary N) is 1. The number of rotatable bonds is 8. The molecule has 0 amide bonds. The van der Waals surface area contributed by atoms with Crippen molar-refractivity contribution < 1.29 is 8.95 Å². The maximum absolute atomic E-state index is 11.1. The minimum Gasteiger partial charge on any atom is -0.379 e. The highest BCUT2D eigenvalue weighted by Crippen LogP contribution is 2.10. The van der Waals surface area contributed by atoms with E-state index in [1.54, 1.807) is 7.11 Å². The minimum atomic E-state index is -0.647. The van der Waals surface area contributed by atoms with Crippen molar-refractivity contribution in [2.45, 2.75) is 32.8 Å².